The average molecular weight is 421 g/mol. The molecule has 0 spiro atoms. The van der Waals surface area contributed by atoms with Crippen LogP contribution in [-0.2, 0) is 21.4 Å². The molecule has 2 aromatic rings. The molecule has 1 saturated heterocycles. The number of aryl methyl sites for hydroxylation is 2. The second-order valence-electron chi connectivity index (χ2n) is 7.32. The van der Waals surface area contributed by atoms with Crippen molar-refractivity contribution in [3.63, 3.8) is 0 Å². The summed E-state index contributed by atoms with van der Waals surface area (Å²) in [6.45, 7) is 4.88. The highest BCUT2D eigenvalue weighted by molar-refractivity contribution is 7.89. The molecule has 1 amide bonds. The zero-order chi connectivity index (χ0) is 20.3. The summed E-state index contributed by atoms with van der Waals surface area (Å²) in [4.78, 5) is 12.8. The lowest BCUT2D eigenvalue weighted by Crippen LogP contribution is -2.45. The van der Waals surface area contributed by atoms with E-state index in [2.05, 4.69) is 5.32 Å². The zero-order valence-corrected chi connectivity index (χ0v) is 17.7. The van der Waals surface area contributed by atoms with E-state index < -0.39 is 10.0 Å². The Labute approximate surface area is 171 Å². The molecule has 0 radical (unpaired) electrons. The average Bonchev–Trinajstić information content (AvgIpc) is 2.69. The van der Waals surface area contributed by atoms with Crippen LogP contribution in [-0.4, -0.2) is 31.7 Å². The molecular formula is C21H25ClN2O3S. The maximum atomic E-state index is 13.0. The summed E-state index contributed by atoms with van der Waals surface area (Å²) >= 11 is 6.10. The first-order chi connectivity index (χ1) is 13.3. The van der Waals surface area contributed by atoms with E-state index in [9.17, 15) is 13.2 Å². The van der Waals surface area contributed by atoms with Crippen LogP contribution in [0, 0.1) is 19.8 Å². The third-order valence-corrected chi connectivity index (χ3v) is 7.39. The van der Waals surface area contributed by atoms with Gasteiger partial charge in [0.25, 0.3) is 0 Å². The Bertz CT molecular complexity index is 958. The summed E-state index contributed by atoms with van der Waals surface area (Å²) in [7, 11) is -3.67. The molecule has 150 valence electrons. The highest BCUT2D eigenvalue weighted by Crippen LogP contribution is 2.26. The monoisotopic (exact) mass is 420 g/mol. The number of hydrogen-bond acceptors (Lipinski definition) is 3. The van der Waals surface area contributed by atoms with Gasteiger partial charge in [-0.15, -0.1) is 0 Å². The number of rotatable bonds is 5. The fraction of sp³-hybridized carbons (Fsp3) is 0.381. The van der Waals surface area contributed by atoms with Crippen LogP contribution in [0.4, 0.5) is 0 Å². The minimum atomic E-state index is -3.67. The molecule has 2 aromatic carbocycles. The molecule has 0 aliphatic carbocycles. The van der Waals surface area contributed by atoms with Crippen molar-refractivity contribution in [3.8, 4) is 0 Å². The number of sulfonamides is 1. The number of hydrogen-bond donors (Lipinski definition) is 1. The zero-order valence-electron chi connectivity index (χ0n) is 16.1. The van der Waals surface area contributed by atoms with Gasteiger partial charge < -0.3 is 5.32 Å². The Morgan fingerprint density at radius 2 is 1.89 bits per heavy atom. The van der Waals surface area contributed by atoms with E-state index in [4.69, 9.17) is 11.6 Å². The Hall–Kier alpha value is -1.89. The van der Waals surface area contributed by atoms with Crippen LogP contribution >= 0.6 is 11.6 Å². The lowest BCUT2D eigenvalue weighted by atomic mass is 9.98. The van der Waals surface area contributed by atoms with Gasteiger partial charge in [0.1, 0.15) is 0 Å². The molecule has 0 unspecified atom stereocenters. The maximum Gasteiger partial charge on any atom is 0.243 e. The Morgan fingerprint density at radius 1 is 1.18 bits per heavy atom. The predicted molar refractivity (Wildman–Crippen MR) is 111 cm³/mol. The van der Waals surface area contributed by atoms with E-state index >= 15 is 0 Å². The Morgan fingerprint density at radius 3 is 2.57 bits per heavy atom. The van der Waals surface area contributed by atoms with Crippen molar-refractivity contribution in [1.29, 1.82) is 0 Å². The van der Waals surface area contributed by atoms with E-state index in [1.165, 1.54) is 15.9 Å². The summed E-state index contributed by atoms with van der Waals surface area (Å²) in [6, 6.07) is 12.7. The molecule has 5 nitrogen and oxygen atoms in total. The third-order valence-electron chi connectivity index (χ3n) is 5.12. The summed E-state index contributed by atoms with van der Waals surface area (Å²) in [5, 5.41) is 3.36. The van der Waals surface area contributed by atoms with Crippen LogP contribution in [0.25, 0.3) is 0 Å². The van der Waals surface area contributed by atoms with Crippen molar-refractivity contribution < 1.29 is 13.2 Å². The molecule has 1 aliphatic heterocycles. The number of carbonyl (C=O) groups is 1. The second-order valence-corrected chi connectivity index (χ2v) is 9.66. The molecule has 1 fully saturated rings. The Balaban J connectivity index is 1.66. The van der Waals surface area contributed by atoms with Gasteiger partial charge in [-0.3, -0.25) is 4.79 Å². The summed E-state index contributed by atoms with van der Waals surface area (Å²) in [6.07, 6.45) is 1.34. The van der Waals surface area contributed by atoms with Crippen molar-refractivity contribution in [2.24, 2.45) is 5.92 Å². The molecule has 0 aromatic heterocycles. The number of piperidine rings is 1. The molecule has 28 heavy (non-hydrogen) atoms. The highest BCUT2D eigenvalue weighted by Gasteiger charge is 2.33. The Kier molecular flexibility index (Phi) is 6.43. The fourth-order valence-electron chi connectivity index (χ4n) is 3.30. The van der Waals surface area contributed by atoms with Gasteiger partial charge in [-0.2, -0.15) is 4.31 Å². The first-order valence-corrected chi connectivity index (χ1v) is 11.2. The standard InChI is InChI=1S/C21H25ClN2O3S/c1-15-5-8-17(9-6-15)13-23-21(25)18-4-3-11-24(14-18)28(26,27)19-10-7-16(2)20(22)12-19/h5-10,12,18H,3-4,11,13-14H2,1-2H3,(H,23,25)/t18-/m0/s1. The van der Waals surface area contributed by atoms with E-state index in [0.29, 0.717) is 31.0 Å². The van der Waals surface area contributed by atoms with Gasteiger partial charge in [0, 0.05) is 24.7 Å². The quantitative estimate of drug-likeness (QED) is 0.802. The predicted octanol–water partition coefficient (Wildman–Crippen LogP) is 3.67. The number of halogens is 1. The summed E-state index contributed by atoms with van der Waals surface area (Å²) in [5.41, 5.74) is 3.01. The lowest BCUT2D eigenvalue weighted by Gasteiger charge is -2.31. The van der Waals surface area contributed by atoms with Crippen molar-refractivity contribution >= 4 is 27.5 Å². The van der Waals surface area contributed by atoms with Gasteiger partial charge in [0.05, 0.1) is 10.8 Å². The number of amides is 1. The van der Waals surface area contributed by atoms with E-state index in [1.807, 2.05) is 38.1 Å². The van der Waals surface area contributed by atoms with Gasteiger partial charge in [-0.05, 0) is 49.9 Å². The number of carbonyl (C=O) groups excluding carboxylic acids is 1. The van der Waals surface area contributed by atoms with Crippen LogP contribution in [0.2, 0.25) is 5.02 Å². The highest BCUT2D eigenvalue weighted by atomic mass is 35.5. The van der Waals surface area contributed by atoms with Gasteiger partial charge in [0.15, 0.2) is 0 Å². The van der Waals surface area contributed by atoms with Crippen LogP contribution in [0.15, 0.2) is 47.4 Å². The summed E-state index contributed by atoms with van der Waals surface area (Å²) < 4.78 is 27.3. The summed E-state index contributed by atoms with van der Waals surface area (Å²) in [5.74, 6) is -0.461. The number of nitrogens with one attached hydrogen (secondary N) is 1. The van der Waals surface area contributed by atoms with Crippen LogP contribution in [0.5, 0.6) is 0 Å². The lowest BCUT2D eigenvalue weighted by molar-refractivity contribution is -0.126. The molecule has 1 N–H and O–H groups in total. The molecule has 0 saturated carbocycles. The van der Waals surface area contributed by atoms with Gasteiger partial charge in [-0.25, -0.2) is 8.42 Å². The third kappa shape index (κ3) is 4.74. The normalized spacial score (nSPS) is 18.0. The molecule has 3 rings (SSSR count). The first kappa shape index (κ1) is 20.8. The van der Waals surface area contributed by atoms with Crippen LogP contribution in [0.3, 0.4) is 0 Å². The minimum Gasteiger partial charge on any atom is -0.352 e. The topological polar surface area (TPSA) is 66.5 Å². The number of nitrogens with zero attached hydrogens (tertiary/aromatic N) is 1. The SMILES string of the molecule is Cc1ccc(CNC(=O)[C@H]2CCCN(S(=O)(=O)c3ccc(C)c(Cl)c3)C2)cc1. The van der Waals surface area contributed by atoms with Gasteiger partial charge >= 0.3 is 0 Å². The van der Waals surface area contributed by atoms with E-state index in [-0.39, 0.29) is 23.3 Å². The van der Waals surface area contributed by atoms with E-state index in [1.54, 1.807) is 12.1 Å². The molecule has 1 heterocycles. The van der Waals surface area contributed by atoms with Crippen LogP contribution < -0.4 is 5.32 Å². The van der Waals surface area contributed by atoms with E-state index in [0.717, 1.165) is 11.1 Å². The van der Waals surface area contributed by atoms with Crippen molar-refractivity contribution in [2.45, 2.75) is 38.1 Å². The fourth-order valence-corrected chi connectivity index (χ4v) is 5.09. The maximum absolute atomic E-state index is 13.0. The van der Waals surface area contributed by atoms with Crippen molar-refractivity contribution in [1.82, 2.24) is 9.62 Å². The largest absolute Gasteiger partial charge is 0.352 e. The molecule has 0 bridgehead atoms. The first-order valence-electron chi connectivity index (χ1n) is 9.37. The minimum absolute atomic E-state index is 0.109. The van der Waals surface area contributed by atoms with Crippen molar-refractivity contribution in [2.75, 3.05) is 13.1 Å². The van der Waals surface area contributed by atoms with Gasteiger partial charge in [-0.1, -0.05) is 47.5 Å². The smallest absolute Gasteiger partial charge is 0.243 e. The molecule has 1 atom stereocenters. The second kappa shape index (κ2) is 8.64. The molecular weight excluding hydrogens is 396 g/mol. The molecule has 7 heteroatoms. The molecule has 1 aliphatic rings. The van der Waals surface area contributed by atoms with Crippen molar-refractivity contribution in [3.05, 3.63) is 64.2 Å². The number of benzene rings is 2. The van der Waals surface area contributed by atoms with Crippen LogP contribution in [0.1, 0.15) is 29.5 Å². The van der Waals surface area contributed by atoms with Gasteiger partial charge in [0.2, 0.25) is 15.9 Å².